The smallest absolute Gasteiger partial charge is 0.271 e. The van der Waals surface area contributed by atoms with Crippen LogP contribution in [-0.2, 0) is 20.9 Å². The van der Waals surface area contributed by atoms with Gasteiger partial charge in [0, 0.05) is 36.3 Å². The average Bonchev–Trinajstić information content (AvgIpc) is 3.63. The van der Waals surface area contributed by atoms with E-state index in [9.17, 15) is 19.2 Å². The van der Waals surface area contributed by atoms with Gasteiger partial charge in [-0.1, -0.05) is 37.3 Å². The summed E-state index contributed by atoms with van der Waals surface area (Å²) >= 11 is 0. The number of rotatable bonds is 8. The van der Waals surface area contributed by atoms with Gasteiger partial charge in [-0.05, 0) is 42.2 Å². The first-order valence-corrected chi connectivity index (χ1v) is 12.6. The Morgan fingerprint density at radius 3 is 2.70 bits per heavy atom. The monoisotopic (exact) mass is 502 g/mol. The Morgan fingerprint density at radius 1 is 1.16 bits per heavy atom. The number of hydrogen-bond acceptors (Lipinski definition) is 5. The van der Waals surface area contributed by atoms with Gasteiger partial charge in [-0.2, -0.15) is 0 Å². The molecule has 3 heterocycles. The molecule has 0 bridgehead atoms. The summed E-state index contributed by atoms with van der Waals surface area (Å²) in [6.07, 6.45) is 1.11. The van der Waals surface area contributed by atoms with Crippen LogP contribution in [0.1, 0.15) is 53.8 Å². The zero-order valence-corrected chi connectivity index (χ0v) is 20.9. The van der Waals surface area contributed by atoms with E-state index >= 15 is 0 Å². The van der Waals surface area contributed by atoms with Gasteiger partial charge in [0.15, 0.2) is 5.78 Å². The third-order valence-electron chi connectivity index (χ3n) is 7.32. The molecule has 3 atom stereocenters. The third-order valence-corrected chi connectivity index (χ3v) is 7.32. The van der Waals surface area contributed by atoms with E-state index in [1.807, 2.05) is 42.5 Å². The third kappa shape index (κ3) is 4.57. The van der Waals surface area contributed by atoms with Crippen molar-refractivity contribution in [3.63, 3.8) is 0 Å². The van der Waals surface area contributed by atoms with Gasteiger partial charge in [0.2, 0.25) is 11.8 Å². The van der Waals surface area contributed by atoms with Crippen molar-refractivity contribution in [2.45, 2.75) is 44.8 Å². The largest absolute Gasteiger partial charge is 0.496 e. The second-order valence-corrected chi connectivity index (χ2v) is 9.53. The first-order chi connectivity index (χ1) is 17.9. The van der Waals surface area contributed by atoms with E-state index in [-0.39, 0.29) is 42.9 Å². The molecule has 5 rings (SSSR count). The Kier molecular flexibility index (Phi) is 6.69. The van der Waals surface area contributed by atoms with Gasteiger partial charge < -0.3 is 25.3 Å². The minimum absolute atomic E-state index is 0.0968. The number of H-pyrrole nitrogens is 1. The van der Waals surface area contributed by atoms with Crippen LogP contribution in [0.2, 0.25) is 0 Å². The average molecular weight is 503 g/mol. The number of amides is 3. The second kappa shape index (κ2) is 10.1. The summed E-state index contributed by atoms with van der Waals surface area (Å²) in [5, 5.41) is 6.44. The van der Waals surface area contributed by atoms with E-state index in [4.69, 9.17) is 4.74 Å². The van der Waals surface area contributed by atoms with Gasteiger partial charge in [-0.15, -0.1) is 0 Å². The fraction of sp³-hybridized carbons (Fsp3) is 0.357. The Hall–Kier alpha value is -4.14. The molecule has 3 N–H and O–H groups in total. The number of carbonyl (C=O) groups excluding carboxylic acids is 4. The Labute approximate surface area is 214 Å². The lowest BCUT2D eigenvalue weighted by Crippen LogP contribution is -2.47. The van der Waals surface area contributed by atoms with Gasteiger partial charge >= 0.3 is 0 Å². The number of methoxy groups -OCH3 is 1. The maximum absolute atomic E-state index is 13.8. The Morgan fingerprint density at radius 2 is 1.97 bits per heavy atom. The van der Waals surface area contributed by atoms with Crippen LogP contribution >= 0.6 is 0 Å². The number of fused-ring (bicyclic) bond motifs is 2. The molecule has 0 radical (unpaired) electrons. The van der Waals surface area contributed by atoms with E-state index < -0.39 is 18.0 Å². The summed E-state index contributed by atoms with van der Waals surface area (Å²) in [6, 6.07) is 13.0. The summed E-state index contributed by atoms with van der Waals surface area (Å²) in [5.41, 5.74) is 2.69. The van der Waals surface area contributed by atoms with E-state index in [0.717, 1.165) is 22.0 Å². The highest BCUT2D eigenvalue weighted by Gasteiger charge is 2.41. The molecular formula is C28H30N4O5. The minimum Gasteiger partial charge on any atom is -0.496 e. The second-order valence-electron chi connectivity index (χ2n) is 9.53. The molecule has 0 saturated carbocycles. The SMILES string of the molecule is CCC(=O)[C@H](C[C@@H]1CCNC1=O)NC(=O)[C@@H]1c2ccccc2CN1C(=O)c1cc2c(OC)cccc2[nH]1. The minimum atomic E-state index is -0.901. The number of carbonyl (C=O) groups is 4. The van der Waals surface area contributed by atoms with Crippen LogP contribution in [0.3, 0.4) is 0 Å². The van der Waals surface area contributed by atoms with Crippen molar-refractivity contribution in [1.82, 2.24) is 20.5 Å². The van der Waals surface area contributed by atoms with Crippen molar-refractivity contribution in [1.29, 1.82) is 0 Å². The van der Waals surface area contributed by atoms with Gasteiger partial charge in [0.05, 0.1) is 13.2 Å². The number of hydrogen-bond donors (Lipinski definition) is 3. The topological polar surface area (TPSA) is 121 Å². The fourth-order valence-corrected chi connectivity index (χ4v) is 5.36. The van der Waals surface area contributed by atoms with Gasteiger partial charge in [-0.3, -0.25) is 19.2 Å². The number of Topliss-reactive ketones (excluding diaryl/α,β-unsaturated/α-hetero) is 1. The highest BCUT2D eigenvalue weighted by Crippen LogP contribution is 2.36. The van der Waals surface area contributed by atoms with Gasteiger partial charge in [-0.25, -0.2) is 0 Å². The van der Waals surface area contributed by atoms with Gasteiger partial charge in [0.1, 0.15) is 17.5 Å². The molecule has 1 saturated heterocycles. The molecule has 37 heavy (non-hydrogen) atoms. The standard InChI is InChI=1S/C28H30N4O5/c1-3-23(33)21(13-16-11-12-29-26(16)34)31-27(35)25-18-8-5-4-7-17(18)15-32(25)28(36)22-14-19-20(30-22)9-6-10-24(19)37-2/h4-10,14,16,21,25,30H,3,11-13,15H2,1-2H3,(H,29,34)(H,31,35)/t16-,21-,25-/m0/s1. The maximum Gasteiger partial charge on any atom is 0.271 e. The zero-order chi connectivity index (χ0) is 26.1. The molecule has 1 aromatic heterocycles. The molecule has 0 aliphatic carbocycles. The van der Waals surface area contributed by atoms with Crippen molar-refractivity contribution in [2.75, 3.05) is 13.7 Å². The molecule has 9 nitrogen and oxygen atoms in total. The van der Waals surface area contributed by atoms with Crippen LogP contribution in [0.15, 0.2) is 48.5 Å². The van der Waals surface area contributed by atoms with Crippen LogP contribution in [0.5, 0.6) is 5.75 Å². The number of nitrogens with one attached hydrogen (secondary N) is 3. The number of aromatic nitrogens is 1. The molecule has 3 amide bonds. The molecular weight excluding hydrogens is 472 g/mol. The molecule has 3 aromatic rings. The van der Waals surface area contributed by atoms with Crippen LogP contribution in [0.4, 0.5) is 0 Å². The Balaban J connectivity index is 1.44. The van der Waals surface area contributed by atoms with Crippen LogP contribution in [0, 0.1) is 5.92 Å². The first kappa shape index (κ1) is 24.5. The molecule has 192 valence electrons. The molecule has 2 aliphatic rings. The predicted molar refractivity (Wildman–Crippen MR) is 137 cm³/mol. The Bertz CT molecular complexity index is 1380. The summed E-state index contributed by atoms with van der Waals surface area (Å²) in [7, 11) is 1.57. The molecule has 2 aromatic carbocycles. The summed E-state index contributed by atoms with van der Waals surface area (Å²) in [5.74, 6) is -0.680. The first-order valence-electron chi connectivity index (χ1n) is 12.6. The van der Waals surface area contributed by atoms with Crippen LogP contribution in [0.25, 0.3) is 10.9 Å². The zero-order valence-electron chi connectivity index (χ0n) is 20.9. The lowest BCUT2D eigenvalue weighted by molar-refractivity contribution is -0.131. The fourth-order valence-electron chi connectivity index (χ4n) is 5.36. The van der Waals surface area contributed by atoms with Crippen molar-refractivity contribution >= 4 is 34.4 Å². The van der Waals surface area contributed by atoms with Crippen LogP contribution in [-0.4, -0.2) is 53.1 Å². The number of ether oxygens (including phenoxy) is 1. The number of nitrogens with zero attached hydrogens (tertiary/aromatic N) is 1. The summed E-state index contributed by atoms with van der Waals surface area (Å²) in [6.45, 7) is 2.57. The predicted octanol–water partition coefficient (Wildman–Crippen LogP) is 2.86. The van der Waals surface area contributed by atoms with Gasteiger partial charge in [0.25, 0.3) is 5.91 Å². The van der Waals surface area contributed by atoms with E-state index in [1.54, 1.807) is 20.1 Å². The van der Waals surface area contributed by atoms with E-state index in [2.05, 4.69) is 15.6 Å². The number of aromatic amines is 1. The normalized spacial score (nSPS) is 19.4. The molecule has 2 aliphatic heterocycles. The molecule has 1 fully saturated rings. The number of ketones is 1. The molecule has 0 spiro atoms. The number of benzene rings is 2. The summed E-state index contributed by atoms with van der Waals surface area (Å²) < 4.78 is 5.43. The summed E-state index contributed by atoms with van der Waals surface area (Å²) in [4.78, 5) is 57.0. The lowest BCUT2D eigenvalue weighted by Gasteiger charge is -2.27. The van der Waals surface area contributed by atoms with Crippen LogP contribution < -0.4 is 15.4 Å². The van der Waals surface area contributed by atoms with E-state index in [1.165, 1.54) is 4.90 Å². The highest BCUT2D eigenvalue weighted by molar-refractivity contribution is 6.02. The highest BCUT2D eigenvalue weighted by atomic mass is 16.5. The van der Waals surface area contributed by atoms with Crippen molar-refractivity contribution in [2.24, 2.45) is 5.92 Å². The molecule has 0 unspecified atom stereocenters. The van der Waals surface area contributed by atoms with E-state index in [0.29, 0.717) is 24.4 Å². The van der Waals surface area contributed by atoms with Crippen molar-refractivity contribution < 1.29 is 23.9 Å². The maximum atomic E-state index is 13.8. The van der Waals surface area contributed by atoms with Crippen molar-refractivity contribution in [3.8, 4) is 5.75 Å². The molecule has 9 heteroatoms. The lowest BCUT2D eigenvalue weighted by atomic mass is 9.94. The van der Waals surface area contributed by atoms with Crippen molar-refractivity contribution in [3.05, 3.63) is 65.4 Å². The quantitative estimate of drug-likeness (QED) is 0.438.